The summed E-state index contributed by atoms with van der Waals surface area (Å²) < 4.78 is 11.1. The van der Waals surface area contributed by atoms with Gasteiger partial charge in [-0.2, -0.15) is 0 Å². The van der Waals surface area contributed by atoms with Crippen LogP contribution in [0.2, 0.25) is 0 Å². The van der Waals surface area contributed by atoms with Gasteiger partial charge in [-0.3, -0.25) is 14.5 Å². The highest BCUT2D eigenvalue weighted by Crippen LogP contribution is 2.32. The molecule has 1 aromatic rings. The van der Waals surface area contributed by atoms with E-state index in [1.807, 2.05) is 44.9 Å². The molecule has 1 fully saturated rings. The summed E-state index contributed by atoms with van der Waals surface area (Å²) in [6.45, 7) is 9.84. The first-order chi connectivity index (χ1) is 13.7. The molecule has 0 unspecified atom stereocenters. The third kappa shape index (κ3) is 5.85. The van der Waals surface area contributed by atoms with Crippen molar-refractivity contribution < 1.29 is 19.1 Å². The molecular formula is C22H33N3O4. The van der Waals surface area contributed by atoms with Crippen LogP contribution in [0.15, 0.2) is 18.2 Å². The van der Waals surface area contributed by atoms with Gasteiger partial charge in [0.15, 0.2) is 11.5 Å². The van der Waals surface area contributed by atoms with Crippen molar-refractivity contribution in [2.24, 2.45) is 11.3 Å². The molecule has 0 atom stereocenters. The zero-order valence-electron chi connectivity index (χ0n) is 18.0. The van der Waals surface area contributed by atoms with Gasteiger partial charge in [0.2, 0.25) is 11.8 Å². The minimum atomic E-state index is -0.346. The number of amides is 2. The van der Waals surface area contributed by atoms with E-state index in [0.29, 0.717) is 37.2 Å². The molecule has 1 N–H and O–H groups in total. The molecule has 0 bridgehead atoms. The number of nitrogens with one attached hydrogen (secondary N) is 1. The molecule has 7 heteroatoms. The molecule has 1 saturated heterocycles. The average molecular weight is 404 g/mol. The van der Waals surface area contributed by atoms with Crippen molar-refractivity contribution in [3.8, 4) is 11.5 Å². The quantitative estimate of drug-likeness (QED) is 0.818. The van der Waals surface area contributed by atoms with Crippen LogP contribution in [0.4, 0.5) is 5.69 Å². The van der Waals surface area contributed by atoms with Crippen molar-refractivity contribution in [3.05, 3.63) is 18.2 Å². The summed E-state index contributed by atoms with van der Waals surface area (Å²) in [5.74, 6) is 2.03. The lowest BCUT2D eigenvalue weighted by Crippen LogP contribution is -2.44. The van der Waals surface area contributed by atoms with Crippen LogP contribution in [0.5, 0.6) is 11.5 Å². The van der Waals surface area contributed by atoms with Crippen molar-refractivity contribution in [3.63, 3.8) is 0 Å². The lowest BCUT2D eigenvalue weighted by molar-refractivity contribution is -0.138. The number of piperidine rings is 1. The Bertz CT molecular complexity index is 736. The van der Waals surface area contributed by atoms with Gasteiger partial charge < -0.3 is 19.7 Å². The van der Waals surface area contributed by atoms with Gasteiger partial charge >= 0.3 is 0 Å². The molecule has 29 heavy (non-hydrogen) atoms. The summed E-state index contributed by atoms with van der Waals surface area (Å²) in [6, 6.07) is 5.46. The maximum atomic E-state index is 12.4. The van der Waals surface area contributed by atoms with E-state index in [-0.39, 0.29) is 17.2 Å². The van der Waals surface area contributed by atoms with Crippen molar-refractivity contribution >= 4 is 17.5 Å². The molecule has 7 nitrogen and oxygen atoms in total. The minimum absolute atomic E-state index is 0.0276. The number of rotatable bonds is 5. The molecule has 2 aliphatic heterocycles. The summed E-state index contributed by atoms with van der Waals surface area (Å²) >= 11 is 0. The van der Waals surface area contributed by atoms with Crippen molar-refractivity contribution in [1.29, 1.82) is 0 Å². The van der Waals surface area contributed by atoms with Crippen molar-refractivity contribution in [1.82, 2.24) is 9.80 Å². The van der Waals surface area contributed by atoms with Crippen LogP contribution in [-0.2, 0) is 9.59 Å². The number of ether oxygens (including phenoxy) is 2. The molecule has 2 aliphatic rings. The minimum Gasteiger partial charge on any atom is -0.486 e. The van der Waals surface area contributed by atoms with Crippen LogP contribution in [0.1, 0.15) is 33.6 Å². The Labute approximate surface area is 173 Å². The Kier molecular flexibility index (Phi) is 6.67. The fraction of sp³-hybridized carbons (Fsp3) is 0.636. The average Bonchev–Trinajstić information content (AvgIpc) is 2.68. The lowest BCUT2D eigenvalue weighted by Gasteiger charge is -2.35. The number of benzene rings is 1. The second-order valence-corrected chi connectivity index (χ2v) is 9.06. The largest absolute Gasteiger partial charge is 0.486 e. The van der Waals surface area contributed by atoms with Gasteiger partial charge in [0, 0.05) is 30.8 Å². The Morgan fingerprint density at radius 1 is 1.14 bits per heavy atom. The van der Waals surface area contributed by atoms with Gasteiger partial charge in [-0.05, 0) is 44.0 Å². The number of carbonyl (C=O) groups is 2. The second-order valence-electron chi connectivity index (χ2n) is 9.06. The maximum Gasteiger partial charge on any atom is 0.238 e. The number of fused-ring (bicyclic) bond motifs is 1. The molecule has 0 saturated carbocycles. The molecule has 0 spiro atoms. The third-order valence-electron chi connectivity index (χ3n) is 5.42. The molecule has 3 rings (SSSR count). The zero-order valence-corrected chi connectivity index (χ0v) is 18.0. The molecule has 2 amide bonds. The first-order valence-corrected chi connectivity index (χ1v) is 10.4. The lowest BCUT2D eigenvalue weighted by atomic mass is 9.92. The molecule has 0 aliphatic carbocycles. The highest BCUT2D eigenvalue weighted by atomic mass is 16.6. The maximum absolute atomic E-state index is 12.4. The Morgan fingerprint density at radius 2 is 1.79 bits per heavy atom. The van der Waals surface area contributed by atoms with Crippen LogP contribution in [-0.4, -0.2) is 68.1 Å². The van der Waals surface area contributed by atoms with Gasteiger partial charge in [-0.1, -0.05) is 20.8 Å². The van der Waals surface area contributed by atoms with Gasteiger partial charge in [0.05, 0.1) is 6.54 Å². The highest BCUT2D eigenvalue weighted by Gasteiger charge is 2.28. The van der Waals surface area contributed by atoms with E-state index < -0.39 is 0 Å². The summed E-state index contributed by atoms with van der Waals surface area (Å²) in [5, 5.41) is 2.95. The number of nitrogens with zero attached hydrogens (tertiary/aromatic N) is 2. The molecule has 0 radical (unpaired) electrons. The Balaban J connectivity index is 1.42. The van der Waals surface area contributed by atoms with E-state index in [9.17, 15) is 9.59 Å². The number of hydrogen-bond donors (Lipinski definition) is 1. The first kappa shape index (κ1) is 21.4. The Hall–Kier alpha value is -2.28. The fourth-order valence-corrected chi connectivity index (χ4v) is 3.89. The van der Waals surface area contributed by atoms with Crippen LogP contribution < -0.4 is 14.8 Å². The predicted octanol–water partition coefficient (Wildman–Crippen LogP) is 2.61. The smallest absolute Gasteiger partial charge is 0.238 e. The van der Waals surface area contributed by atoms with E-state index in [1.54, 1.807) is 6.07 Å². The molecular weight excluding hydrogens is 370 g/mol. The normalized spacial score (nSPS) is 17.7. The summed E-state index contributed by atoms with van der Waals surface area (Å²) in [5.41, 5.74) is 0.373. The zero-order chi connectivity index (χ0) is 21.0. The van der Waals surface area contributed by atoms with Crippen LogP contribution in [0.25, 0.3) is 0 Å². The standard InChI is InChI=1S/C22H33N3O4/c1-22(2,3)21(27)24(4)14-16-7-9-25(10-8-16)15-20(26)23-17-5-6-18-19(13-17)29-12-11-28-18/h5-6,13,16H,7-12,14-15H2,1-4H3,(H,23,26). The molecule has 0 aromatic heterocycles. The third-order valence-corrected chi connectivity index (χ3v) is 5.42. The molecule has 1 aromatic carbocycles. The monoisotopic (exact) mass is 403 g/mol. The predicted molar refractivity (Wildman–Crippen MR) is 112 cm³/mol. The number of anilines is 1. The number of hydrogen-bond acceptors (Lipinski definition) is 5. The Morgan fingerprint density at radius 3 is 2.45 bits per heavy atom. The van der Waals surface area contributed by atoms with Gasteiger partial charge in [0.1, 0.15) is 13.2 Å². The van der Waals surface area contributed by atoms with E-state index in [0.717, 1.165) is 38.2 Å². The van der Waals surface area contributed by atoms with Gasteiger partial charge in [-0.15, -0.1) is 0 Å². The van der Waals surface area contributed by atoms with Crippen LogP contribution >= 0.6 is 0 Å². The topological polar surface area (TPSA) is 71.1 Å². The molecule has 2 heterocycles. The summed E-state index contributed by atoms with van der Waals surface area (Å²) in [4.78, 5) is 28.8. The van der Waals surface area contributed by atoms with E-state index in [2.05, 4.69) is 10.2 Å². The van der Waals surface area contributed by atoms with Crippen LogP contribution in [0, 0.1) is 11.3 Å². The van der Waals surface area contributed by atoms with Crippen molar-refractivity contribution in [2.45, 2.75) is 33.6 Å². The van der Waals surface area contributed by atoms with E-state index in [4.69, 9.17) is 9.47 Å². The van der Waals surface area contributed by atoms with Crippen LogP contribution in [0.3, 0.4) is 0 Å². The van der Waals surface area contributed by atoms with Gasteiger partial charge in [0.25, 0.3) is 0 Å². The second kappa shape index (κ2) is 9.03. The number of likely N-dealkylation sites (tertiary alicyclic amines) is 1. The van der Waals surface area contributed by atoms with Gasteiger partial charge in [-0.25, -0.2) is 0 Å². The first-order valence-electron chi connectivity index (χ1n) is 10.4. The van der Waals surface area contributed by atoms with Crippen molar-refractivity contribution in [2.75, 3.05) is 51.8 Å². The fourth-order valence-electron chi connectivity index (χ4n) is 3.89. The summed E-state index contributed by atoms with van der Waals surface area (Å²) in [6.07, 6.45) is 2.00. The summed E-state index contributed by atoms with van der Waals surface area (Å²) in [7, 11) is 1.89. The highest BCUT2D eigenvalue weighted by molar-refractivity contribution is 5.92. The number of carbonyl (C=O) groups excluding carboxylic acids is 2. The van der Waals surface area contributed by atoms with E-state index in [1.165, 1.54) is 0 Å². The molecule has 160 valence electrons. The SMILES string of the molecule is CN(CC1CCN(CC(=O)Nc2ccc3c(c2)OCCO3)CC1)C(=O)C(C)(C)C. The van der Waals surface area contributed by atoms with E-state index >= 15 is 0 Å².